The number of carboxylic acid groups (broad SMARTS) is 1. The molecule has 1 aromatic heterocycles. The molecule has 2 rings (SSSR count). The normalized spacial score (nSPS) is 10.1. The van der Waals surface area contributed by atoms with Crippen molar-refractivity contribution in [1.82, 2.24) is 9.78 Å². The number of aromatic carboxylic acids is 1. The first-order valence-corrected chi connectivity index (χ1v) is 4.31. The van der Waals surface area contributed by atoms with Gasteiger partial charge in [0.15, 0.2) is 0 Å². The fourth-order valence-corrected chi connectivity index (χ4v) is 1.34. The Morgan fingerprint density at radius 1 is 1.47 bits per heavy atom. The van der Waals surface area contributed by atoms with Crippen molar-refractivity contribution in [3.8, 4) is 5.69 Å². The maximum Gasteiger partial charge on any atom is 0.337 e. The minimum absolute atomic E-state index is 0.138. The van der Waals surface area contributed by atoms with Gasteiger partial charge in [-0.25, -0.2) is 9.48 Å². The number of hydrogen-bond donors (Lipinski definition) is 2. The Balaban J connectivity index is 2.61. The van der Waals surface area contributed by atoms with E-state index in [-0.39, 0.29) is 5.56 Å². The Morgan fingerprint density at radius 2 is 2.27 bits per heavy atom. The Kier molecular flexibility index (Phi) is 2.13. The van der Waals surface area contributed by atoms with Gasteiger partial charge in [0.2, 0.25) is 0 Å². The van der Waals surface area contributed by atoms with Crippen LogP contribution in [0.4, 0.5) is 5.69 Å². The van der Waals surface area contributed by atoms with Crippen molar-refractivity contribution in [1.29, 1.82) is 0 Å². The summed E-state index contributed by atoms with van der Waals surface area (Å²) in [4.78, 5) is 11.0. The molecule has 0 saturated heterocycles. The molecule has 0 bridgehead atoms. The summed E-state index contributed by atoms with van der Waals surface area (Å²) in [6.07, 6.45) is 3.26. The summed E-state index contributed by atoms with van der Waals surface area (Å²) >= 11 is 0. The summed E-state index contributed by atoms with van der Waals surface area (Å²) in [5, 5.41) is 13.0. The summed E-state index contributed by atoms with van der Waals surface area (Å²) in [6, 6.07) is 6.41. The number of aromatic nitrogens is 2. The fraction of sp³-hybridized carbons (Fsp3) is 0. The molecule has 15 heavy (non-hydrogen) atoms. The van der Waals surface area contributed by atoms with Crippen molar-refractivity contribution in [2.75, 3.05) is 5.73 Å². The maximum atomic E-state index is 11.0. The summed E-state index contributed by atoms with van der Waals surface area (Å²) in [5.41, 5.74) is 6.58. The number of nitrogen functional groups attached to an aromatic ring is 1. The summed E-state index contributed by atoms with van der Waals surface area (Å²) in [7, 11) is 0. The van der Waals surface area contributed by atoms with Crippen LogP contribution in [-0.2, 0) is 0 Å². The Morgan fingerprint density at radius 3 is 2.87 bits per heavy atom. The molecule has 0 fully saturated rings. The maximum absolute atomic E-state index is 11.0. The van der Waals surface area contributed by atoms with Gasteiger partial charge in [-0.2, -0.15) is 5.10 Å². The van der Waals surface area contributed by atoms with Crippen LogP contribution in [0, 0.1) is 0 Å². The standard InChI is InChI=1S/C10H9N3O2/c11-7-2-3-9(8(6-7)10(14)15)13-5-1-4-12-13/h1-6H,11H2,(H,14,15). The van der Waals surface area contributed by atoms with Crippen LogP contribution in [0.25, 0.3) is 5.69 Å². The molecule has 3 N–H and O–H groups in total. The second-order valence-electron chi connectivity index (χ2n) is 3.03. The van der Waals surface area contributed by atoms with Gasteiger partial charge in [0.1, 0.15) is 0 Å². The van der Waals surface area contributed by atoms with Gasteiger partial charge in [-0.15, -0.1) is 0 Å². The lowest BCUT2D eigenvalue weighted by atomic mass is 10.1. The molecule has 0 unspecified atom stereocenters. The van der Waals surface area contributed by atoms with Gasteiger partial charge in [-0.3, -0.25) is 0 Å². The van der Waals surface area contributed by atoms with Crippen molar-refractivity contribution < 1.29 is 9.90 Å². The van der Waals surface area contributed by atoms with Gasteiger partial charge in [-0.05, 0) is 24.3 Å². The Labute approximate surface area is 85.8 Å². The van der Waals surface area contributed by atoms with Crippen molar-refractivity contribution in [2.24, 2.45) is 0 Å². The highest BCUT2D eigenvalue weighted by Gasteiger charge is 2.11. The van der Waals surface area contributed by atoms with Crippen molar-refractivity contribution in [3.63, 3.8) is 0 Å². The Bertz CT molecular complexity index is 491. The number of nitrogens with two attached hydrogens (primary N) is 1. The quantitative estimate of drug-likeness (QED) is 0.717. The third-order valence-electron chi connectivity index (χ3n) is 2.00. The molecule has 5 heteroatoms. The van der Waals surface area contributed by atoms with Crippen LogP contribution in [-0.4, -0.2) is 20.9 Å². The van der Waals surface area contributed by atoms with Gasteiger partial charge >= 0.3 is 5.97 Å². The smallest absolute Gasteiger partial charge is 0.337 e. The predicted octanol–water partition coefficient (Wildman–Crippen LogP) is 1.15. The van der Waals surface area contributed by atoms with E-state index in [4.69, 9.17) is 10.8 Å². The number of nitrogens with zero attached hydrogens (tertiary/aromatic N) is 2. The minimum atomic E-state index is -1.02. The number of benzene rings is 1. The third kappa shape index (κ3) is 1.67. The van der Waals surface area contributed by atoms with E-state index in [0.29, 0.717) is 11.4 Å². The molecule has 1 heterocycles. The first kappa shape index (κ1) is 9.26. The highest BCUT2D eigenvalue weighted by atomic mass is 16.4. The summed E-state index contributed by atoms with van der Waals surface area (Å²) in [6.45, 7) is 0. The average Bonchev–Trinajstić information content (AvgIpc) is 2.70. The van der Waals surface area contributed by atoms with Crippen LogP contribution in [0.15, 0.2) is 36.7 Å². The first-order valence-electron chi connectivity index (χ1n) is 4.31. The van der Waals surface area contributed by atoms with E-state index in [1.807, 2.05) is 0 Å². The molecule has 0 spiro atoms. The SMILES string of the molecule is Nc1ccc(-n2cccn2)c(C(=O)O)c1. The molecule has 0 aliphatic heterocycles. The van der Waals surface area contributed by atoms with Gasteiger partial charge in [0, 0.05) is 18.1 Å². The van der Waals surface area contributed by atoms with E-state index < -0.39 is 5.97 Å². The lowest BCUT2D eigenvalue weighted by Crippen LogP contribution is -2.06. The molecular weight excluding hydrogens is 194 g/mol. The highest BCUT2D eigenvalue weighted by molar-refractivity contribution is 5.93. The highest BCUT2D eigenvalue weighted by Crippen LogP contribution is 2.17. The zero-order valence-corrected chi connectivity index (χ0v) is 7.79. The van der Waals surface area contributed by atoms with Crippen LogP contribution in [0.5, 0.6) is 0 Å². The van der Waals surface area contributed by atoms with Crippen molar-refractivity contribution in [2.45, 2.75) is 0 Å². The van der Waals surface area contributed by atoms with Crippen LogP contribution < -0.4 is 5.73 Å². The predicted molar refractivity (Wildman–Crippen MR) is 54.9 cm³/mol. The number of carbonyl (C=O) groups is 1. The molecule has 1 aromatic carbocycles. The number of anilines is 1. The fourth-order valence-electron chi connectivity index (χ4n) is 1.34. The average molecular weight is 203 g/mol. The van der Waals surface area contributed by atoms with Gasteiger partial charge < -0.3 is 10.8 Å². The van der Waals surface area contributed by atoms with Gasteiger partial charge in [-0.1, -0.05) is 0 Å². The molecule has 0 aliphatic carbocycles. The van der Waals surface area contributed by atoms with E-state index >= 15 is 0 Å². The monoisotopic (exact) mass is 203 g/mol. The van der Waals surface area contributed by atoms with E-state index in [1.165, 1.54) is 10.7 Å². The second kappa shape index (κ2) is 3.45. The molecule has 0 radical (unpaired) electrons. The van der Waals surface area contributed by atoms with Crippen LogP contribution in [0.1, 0.15) is 10.4 Å². The molecule has 0 saturated carbocycles. The topological polar surface area (TPSA) is 81.1 Å². The van der Waals surface area contributed by atoms with Gasteiger partial charge in [0.25, 0.3) is 0 Å². The van der Waals surface area contributed by atoms with Crippen molar-refractivity contribution in [3.05, 3.63) is 42.2 Å². The zero-order chi connectivity index (χ0) is 10.8. The lowest BCUT2D eigenvalue weighted by Gasteiger charge is -2.06. The lowest BCUT2D eigenvalue weighted by molar-refractivity contribution is 0.0697. The first-order chi connectivity index (χ1) is 7.18. The van der Waals surface area contributed by atoms with Crippen LogP contribution in [0.2, 0.25) is 0 Å². The molecule has 0 atom stereocenters. The summed E-state index contributed by atoms with van der Waals surface area (Å²) < 4.78 is 1.49. The zero-order valence-electron chi connectivity index (χ0n) is 7.79. The number of carboxylic acids is 1. The summed E-state index contributed by atoms with van der Waals surface area (Å²) in [5.74, 6) is -1.02. The number of rotatable bonds is 2. The minimum Gasteiger partial charge on any atom is -0.478 e. The molecule has 0 amide bonds. The van der Waals surface area contributed by atoms with Crippen LogP contribution in [0.3, 0.4) is 0 Å². The van der Waals surface area contributed by atoms with E-state index in [1.54, 1.807) is 30.6 Å². The van der Waals surface area contributed by atoms with E-state index in [0.717, 1.165) is 0 Å². The molecular formula is C10H9N3O2. The second-order valence-corrected chi connectivity index (χ2v) is 3.03. The molecule has 5 nitrogen and oxygen atoms in total. The van der Waals surface area contributed by atoms with Gasteiger partial charge in [0.05, 0.1) is 11.3 Å². The molecule has 76 valence electrons. The number of hydrogen-bond acceptors (Lipinski definition) is 3. The Hall–Kier alpha value is -2.30. The largest absolute Gasteiger partial charge is 0.478 e. The van der Waals surface area contributed by atoms with Crippen molar-refractivity contribution >= 4 is 11.7 Å². The molecule has 0 aliphatic rings. The van der Waals surface area contributed by atoms with E-state index in [9.17, 15) is 4.79 Å². The van der Waals surface area contributed by atoms with E-state index in [2.05, 4.69) is 5.10 Å². The molecule has 2 aromatic rings. The van der Waals surface area contributed by atoms with Crippen LogP contribution >= 0.6 is 0 Å². The third-order valence-corrected chi connectivity index (χ3v) is 2.00.